The van der Waals surface area contributed by atoms with Crippen LogP contribution in [0.2, 0.25) is 5.02 Å². The lowest BCUT2D eigenvalue weighted by Crippen LogP contribution is -2.14. The van der Waals surface area contributed by atoms with E-state index in [0.29, 0.717) is 16.4 Å². The zero-order valence-electron chi connectivity index (χ0n) is 12.7. The topological polar surface area (TPSA) is 90.9 Å². The number of nitrogens with two attached hydrogens (primary N) is 1. The second-order valence-electron chi connectivity index (χ2n) is 4.97. The van der Waals surface area contributed by atoms with Crippen LogP contribution in [0, 0.1) is 18.3 Å². The van der Waals surface area contributed by atoms with Crippen molar-refractivity contribution < 1.29 is 4.79 Å². The largest absolute Gasteiger partial charge is 0.398 e. The van der Waals surface area contributed by atoms with Crippen LogP contribution in [0.15, 0.2) is 52.6 Å². The van der Waals surface area contributed by atoms with Crippen molar-refractivity contribution in [3.05, 3.63) is 63.2 Å². The molecule has 0 aliphatic rings. The highest BCUT2D eigenvalue weighted by atomic mass is 79.9. The summed E-state index contributed by atoms with van der Waals surface area (Å²) in [5, 5.41) is 15.0. The number of carbonyl (C=O) groups is 1. The van der Waals surface area contributed by atoms with Gasteiger partial charge < -0.3 is 16.4 Å². The SMILES string of the molecule is Cc1cc(N/C=C(/C#N)C(=O)Nc2ccc(N)c(Cl)c2)ccc1Br. The molecule has 1 amide bonds. The second kappa shape index (κ2) is 7.86. The standard InChI is InChI=1S/C17H14BrClN4O/c1-10-6-12(2-4-14(10)18)22-9-11(8-20)17(24)23-13-3-5-16(21)15(19)7-13/h2-7,9,22H,21H2,1H3,(H,23,24)/b11-9-. The third-order valence-corrected chi connectivity index (χ3v) is 4.38. The van der Waals surface area contributed by atoms with Crippen molar-refractivity contribution in [3.8, 4) is 6.07 Å². The number of nitrogen functional groups attached to an aromatic ring is 1. The van der Waals surface area contributed by atoms with Gasteiger partial charge in [-0.25, -0.2) is 0 Å². The van der Waals surface area contributed by atoms with E-state index in [-0.39, 0.29) is 5.57 Å². The van der Waals surface area contributed by atoms with Crippen LogP contribution in [0.4, 0.5) is 17.1 Å². The highest BCUT2D eigenvalue weighted by molar-refractivity contribution is 9.10. The van der Waals surface area contributed by atoms with Gasteiger partial charge in [0.05, 0.1) is 10.7 Å². The average Bonchev–Trinajstić information content (AvgIpc) is 2.55. The van der Waals surface area contributed by atoms with E-state index in [0.717, 1.165) is 15.7 Å². The maximum Gasteiger partial charge on any atom is 0.267 e. The van der Waals surface area contributed by atoms with Crippen molar-refractivity contribution in [2.45, 2.75) is 6.92 Å². The number of nitrogens with one attached hydrogen (secondary N) is 2. The van der Waals surface area contributed by atoms with Gasteiger partial charge >= 0.3 is 0 Å². The minimum Gasteiger partial charge on any atom is -0.398 e. The van der Waals surface area contributed by atoms with E-state index >= 15 is 0 Å². The van der Waals surface area contributed by atoms with E-state index < -0.39 is 5.91 Å². The molecular weight excluding hydrogens is 392 g/mol. The second-order valence-corrected chi connectivity index (χ2v) is 6.23. The summed E-state index contributed by atoms with van der Waals surface area (Å²) in [6.07, 6.45) is 1.36. The minimum absolute atomic E-state index is 0.0662. The third kappa shape index (κ3) is 4.51. The summed E-state index contributed by atoms with van der Waals surface area (Å²) >= 11 is 9.32. The third-order valence-electron chi connectivity index (χ3n) is 3.16. The van der Waals surface area contributed by atoms with Crippen LogP contribution in [0.5, 0.6) is 0 Å². The normalized spacial score (nSPS) is 10.8. The Morgan fingerprint density at radius 3 is 2.62 bits per heavy atom. The van der Waals surface area contributed by atoms with Gasteiger partial charge in [-0.05, 0) is 48.9 Å². The quantitative estimate of drug-likeness (QED) is 0.398. The van der Waals surface area contributed by atoms with Crippen LogP contribution in [-0.2, 0) is 4.79 Å². The number of anilines is 3. The summed E-state index contributed by atoms with van der Waals surface area (Å²) in [6, 6.07) is 12.2. The van der Waals surface area contributed by atoms with Gasteiger partial charge in [0.25, 0.3) is 5.91 Å². The summed E-state index contributed by atoms with van der Waals surface area (Å²) in [4.78, 5) is 12.2. The average molecular weight is 406 g/mol. The van der Waals surface area contributed by atoms with Gasteiger partial charge in [-0.2, -0.15) is 5.26 Å². The van der Waals surface area contributed by atoms with E-state index in [1.807, 2.05) is 31.2 Å². The van der Waals surface area contributed by atoms with E-state index in [1.165, 1.54) is 12.3 Å². The van der Waals surface area contributed by atoms with Crippen LogP contribution >= 0.6 is 27.5 Å². The Morgan fingerprint density at radius 2 is 2.00 bits per heavy atom. The summed E-state index contributed by atoms with van der Waals surface area (Å²) in [7, 11) is 0. The van der Waals surface area contributed by atoms with Gasteiger partial charge in [-0.15, -0.1) is 0 Å². The van der Waals surface area contributed by atoms with Crippen molar-refractivity contribution >= 4 is 50.5 Å². The van der Waals surface area contributed by atoms with Gasteiger partial charge in [0.1, 0.15) is 11.6 Å². The molecule has 0 bridgehead atoms. The van der Waals surface area contributed by atoms with Gasteiger partial charge in [0.15, 0.2) is 0 Å². The number of halogens is 2. The first-order valence-electron chi connectivity index (χ1n) is 6.90. The first kappa shape index (κ1) is 17.9. The van der Waals surface area contributed by atoms with Crippen LogP contribution in [-0.4, -0.2) is 5.91 Å². The van der Waals surface area contributed by atoms with E-state index in [4.69, 9.17) is 17.3 Å². The van der Waals surface area contributed by atoms with Crippen LogP contribution in [0.25, 0.3) is 0 Å². The monoisotopic (exact) mass is 404 g/mol. The summed E-state index contributed by atoms with van der Waals surface area (Å²) < 4.78 is 0.982. The highest BCUT2D eigenvalue weighted by Gasteiger charge is 2.10. The van der Waals surface area contributed by atoms with Crippen molar-refractivity contribution in [3.63, 3.8) is 0 Å². The Hall–Kier alpha value is -2.49. The van der Waals surface area contributed by atoms with Crippen molar-refractivity contribution in [2.24, 2.45) is 0 Å². The van der Waals surface area contributed by atoms with E-state index in [9.17, 15) is 10.1 Å². The van der Waals surface area contributed by atoms with Gasteiger partial charge in [-0.1, -0.05) is 27.5 Å². The lowest BCUT2D eigenvalue weighted by molar-refractivity contribution is -0.112. The zero-order valence-corrected chi connectivity index (χ0v) is 15.1. The molecular formula is C17H14BrClN4O. The lowest BCUT2D eigenvalue weighted by Gasteiger charge is -2.07. The number of nitrogens with zero attached hydrogens (tertiary/aromatic N) is 1. The Labute approximate surface area is 153 Å². The fourth-order valence-corrected chi connectivity index (χ4v) is 2.27. The molecule has 0 saturated heterocycles. The van der Waals surface area contributed by atoms with Gasteiger partial charge in [0, 0.05) is 22.0 Å². The molecule has 0 aliphatic heterocycles. The number of hydrogen-bond acceptors (Lipinski definition) is 4. The molecule has 0 saturated carbocycles. The van der Waals surface area contributed by atoms with Crippen LogP contribution in [0.1, 0.15) is 5.56 Å². The Morgan fingerprint density at radius 1 is 1.29 bits per heavy atom. The highest BCUT2D eigenvalue weighted by Crippen LogP contribution is 2.23. The number of benzene rings is 2. The summed E-state index contributed by atoms with van der Waals surface area (Å²) in [5.41, 5.74) is 8.23. The molecule has 0 unspecified atom stereocenters. The molecule has 7 heteroatoms. The number of aryl methyl sites for hydroxylation is 1. The molecule has 0 atom stereocenters. The maximum atomic E-state index is 12.2. The molecule has 122 valence electrons. The van der Waals surface area contributed by atoms with E-state index in [2.05, 4.69) is 26.6 Å². The van der Waals surface area contributed by atoms with Crippen molar-refractivity contribution in [2.75, 3.05) is 16.4 Å². The van der Waals surface area contributed by atoms with Gasteiger partial charge in [-0.3, -0.25) is 4.79 Å². The molecule has 0 aromatic heterocycles. The molecule has 0 fully saturated rings. The number of carbonyl (C=O) groups excluding carboxylic acids is 1. The first-order chi connectivity index (χ1) is 11.4. The molecule has 4 N–H and O–H groups in total. The van der Waals surface area contributed by atoms with Gasteiger partial charge in [0.2, 0.25) is 0 Å². The first-order valence-corrected chi connectivity index (χ1v) is 8.07. The molecule has 24 heavy (non-hydrogen) atoms. The molecule has 2 rings (SSSR count). The maximum absolute atomic E-state index is 12.2. The Bertz CT molecular complexity index is 858. The van der Waals surface area contributed by atoms with Crippen molar-refractivity contribution in [1.82, 2.24) is 0 Å². The Kier molecular flexibility index (Phi) is 5.85. The number of amides is 1. The number of nitriles is 1. The summed E-state index contributed by atoms with van der Waals surface area (Å²) in [6.45, 7) is 1.95. The predicted octanol–water partition coefficient (Wildman–Crippen LogP) is 4.45. The van der Waals surface area contributed by atoms with E-state index in [1.54, 1.807) is 12.1 Å². The lowest BCUT2D eigenvalue weighted by atomic mass is 10.2. The molecule has 0 spiro atoms. The fourth-order valence-electron chi connectivity index (χ4n) is 1.84. The Balaban J connectivity index is 2.11. The fraction of sp³-hybridized carbons (Fsp3) is 0.0588. The molecule has 2 aromatic carbocycles. The summed E-state index contributed by atoms with van der Waals surface area (Å²) in [5.74, 6) is -0.542. The molecule has 0 heterocycles. The van der Waals surface area contributed by atoms with Crippen molar-refractivity contribution in [1.29, 1.82) is 5.26 Å². The predicted molar refractivity (Wildman–Crippen MR) is 101 cm³/mol. The zero-order chi connectivity index (χ0) is 17.7. The molecule has 5 nitrogen and oxygen atoms in total. The molecule has 0 aliphatic carbocycles. The smallest absolute Gasteiger partial charge is 0.267 e. The number of hydrogen-bond donors (Lipinski definition) is 3. The number of rotatable bonds is 4. The molecule has 2 aromatic rings. The minimum atomic E-state index is -0.542. The molecule has 0 radical (unpaired) electrons. The van der Waals surface area contributed by atoms with Crippen LogP contribution < -0.4 is 16.4 Å². The van der Waals surface area contributed by atoms with Crippen LogP contribution in [0.3, 0.4) is 0 Å².